The van der Waals surface area contributed by atoms with Crippen molar-refractivity contribution in [3.63, 3.8) is 0 Å². The number of thioether (sulfide) groups is 1. The van der Waals surface area contributed by atoms with Crippen molar-refractivity contribution in [1.82, 2.24) is 9.80 Å². The predicted octanol–water partition coefficient (Wildman–Crippen LogP) is 3.48. The number of likely N-dealkylation sites (tertiary alicyclic amines) is 1. The molecule has 6 rings (SSSR count). The second kappa shape index (κ2) is 10.2. The lowest BCUT2D eigenvalue weighted by atomic mass is 9.78. The normalized spacial score (nSPS) is 30.2. The van der Waals surface area contributed by atoms with Crippen molar-refractivity contribution >= 4 is 35.2 Å². The summed E-state index contributed by atoms with van der Waals surface area (Å²) in [5.41, 5.74) is 3.85. The van der Waals surface area contributed by atoms with E-state index in [1.807, 2.05) is 85.5 Å². The number of fused-ring (bicyclic) bond motifs is 2. The van der Waals surface area contributed by atoms with Gasteiger partial charge in [-0.25, -0.2) is 0 Å². The Morgan fingerprint density at radius 3 is 2.38 bits per heavy atom. The Morgan fingerprint density at radius 1 is 0.950 bits per heavy atom. The van der Waals surface area contributed by atoms with Gasteiger partial charge >= 0.3 is 0 Å². The number of nitrogens with zero attached hydrogens (tertiary/aromatic N) is 3. The maximum Gasteiger partial charge on any atom is 0.251 e. The van der Waals surface area contributed by atoms with Gasteiger partial charge in [-0.2, -0.15) is 0 Å². The van der Waals surface area contributed by atoms with Crippen LogP contribution in [0.2, 0.25) is 0 Å². The molecule has 1 unspecified atom stereocenters. The van der Waals surface area contributed by atoms with E-state index in [9.17, 15) is 19.5 Å². The van der Waals surface area contributed by atoms with E-state index >= 15 is 0 Å². The van der Waals surface area contributed by atoms with Crippen molar-refractivity contribution in [2.24, 2.45) is 11.8 Å². The fraction of sp³-hybridized carbons (Fsp3) is 0.406. The van der Waals surface area contributed by atoms with Gasteiger partial charge in [0.05, 0.1) is 29.2 Å². The Balaban J connectivity index is 1.43. The number of anilines is 1. The Hall–Kier alpha value is -3.36. The highest BCUT2D eigenvalue weighted by atomic mass is 32.2. The van der Waals surface area contributed by atoms with Crippen LogP contribution in [-0.2, 0) is 20.9 Å². The van der Waals surface area contributed by atoms with Crippen molar-refractivity contribution in [2.45, 2.75) is 49.4 Å². The van der Waals surface area contributed by atoms with Gasteiger partial charge in [-0.15, -0.1) is 11.8 Å². The highest BCUT2D eigenvalue weighted by Crippen LogP contribution is 2.61. The summed E-state index contributed by atoms with van der Waals surface area (Å²) in [5.74, 6) is -1.75. The lowest BCUT2D eigenvalue weighted by Gasteiger charge is -2.38. The lowest BCUT2D eigenvalue weighted by Crippen LogP contribution is -2.56. The zero-order chi connectivity index (χ0) is 28.2. The topological polar surface area (TPSA) is 81.2 Å². The van der Waals surface area contributed by atoms with Gasteiger partial charge in [0.25, 0.3) is 5.91 Å². The smallest absolute Gasteiger partial charge is 0.251 e. The molecule has 2 aromatic rings. The van der Waals surface area contributed by atoms with Crippen LogP contribution in [0, 0.1) is 25.7 Å². The number of aliphatic hydroxyl groups excluding tert-OH is 1. The van der Waals surface area contributed by atoms with E-state index in [2.05, 4.69) is 6.08 Å². The lowest BCUT2D eigenvalue weighted by molar-refractivity contribution is -0.144. The highest BCUT2D eigenvalue weighted by Gasteiger charge is 2.71. The van der Waals surface area contributed by atoms with E-state index in [1.165, 1.54) is 0 Å². The van der Waals surface area contributed by atoms with Crippen molar-refractivity contribution < 1.29 is 19.5 Å². The standard InChI is InChI=1S/C32H35N3O4S/c1-20-10-7-11-21(2)27(20)34-17-9-15-32-26(30(38)35(22(3)19-36)28(32)31(34)39)25-24(40-32)14-8-16-33(29(25)37)18-23-12-5-4-6-13-23/h4-15,22,24-26,28,36H,16-19H2,1-3H3/t22-,24+,25-,26+,28?,32+/m1/s1. The van der Waals surface area contributed by atoms with Gasteiger partial charge < -0.3 is 19.8 Å². The Kier molecular flexibility index (Phi) is 6.87. The molecule has 208 valence electrons. The summed E-state index contributed by atoms with van der Waals surface area (Å²) in [7, 11) is 0. The fourth-order valence-corrected chi connectivity index (χ4v) is 9.06. The second-order valence-corrected chi connectivity index (χ2v) is 12.8. The third kappa shape index (κ3) is 4.03. The maximum absolute atomic E-state index is 14.6. The van der Waals surface area contributed by atoms with Crippen molar-refractivity contribution in [1.29, 1.82) is 0 Å². The van der Waals surface area contributed by atoms with Crippen LogP contribution < -0.4 is 4.90 Å². The number of aryl methyl sites for hydroxylation is 2. The molecule has 4 aliphatic heterocycles. The number of carbonyl (C=O) groups is 3. The number of benzene rings is 2. The second-order valence-electron chi connectivity index (χ2n) is 11.3. The average Bonchev–Trinajstić information content (AvgIpc) is 3.28. The third-order valence-corrected chi connectivity index (χ3v) is 10.6. The number of hydrogen-bond acceptors (Lipinski definition) is 5. The van der Waals surface area contributed by atoms with Gasteiger partial charge in [0.2, 0.25) is 11.8 Å². The van der Waals surface area contributed by atoms with E-state index in [0.29, 0.717) is 19.6 Å². The minimum absolute atomic E-state index is 0.0597. The number of aliphatic hydroxyl groups is 1. The number of rotatable bonds is 5. The molecule has 1 N–H and O–H groups in total. The van der Waals surface area contributed by atoms with Crippen LogP contribution in [0.4, 0.5) is 5.69 Å². The molecule has 1 spiro atoms. The molecule has 2 fully saturated rings. The van der Waals surface area contributed by atoms with Gasteiger partial charge in [-0.3, -0.25) is 14.4 Å². The number of carbonyl (C=O) groups excluding carboxylic acids is 3. The van der Waals surface area contributed by atoms with E-state index in [-0.39, 0.29) is 29.6 Å². The number of amides is 3. The predicted molar refractivity (Wildman–Crippen MR) is 157 cm³/mol. The average molecular weight is 558 g/mol. The summed E-state index contributed by atoms with van der Waals surface area (Å²) in [6.07, 6.45) is 8.10. The molecular weight excluding hydrogens is 522 g/mol. The first kappa shape index (κ1) is 26.8. The van der Waals surface area contributed by atoms with Gasteiger partial charge in [-0.05, 0) is 37.5 Å². The maximum atomic E-state index is 14.6. The molecule has 0 aromatic heterocycles. The minimum atomic E-state index is -0.909. The molecular formula is C32H35N3O4S. The van der Waals surface area contributed by atoms with Gasteiger partial charge in [0, 0.05) is 30.6 Å². The van der Waals surface area contributed by atoms with Crippen LogP contribution in [0.5, 0.6) is 0 Å². The molecule has 7 nitrogen and oxygen atoms in total. The van der Waals surface area contributed by atoms with E-state index in [4.69, 9.17) is 0 Å². The summed E-state index contributed by atoms with van der Waals surface area (Å²) in [6, 6.07) is 14.4. The first-order chi connectivity index (χ1) is 19.3. The molecule has 6 atom stereocenters. The molecule has 4 heterocycles. The molecule has 8 heteroatoms. The summed E-state index contributed by atoms with van der Waals surface area (Å²) >= 11 is 1.57. The van der Waals surface area contributed by atoms with Gasteiger partial charge in [0.15, 0.2) is 0 Å². The van der Waals surface area contributed by atoms with Crippen LogP contribution >= 0.6 is 11.8 Å². The molecule has 3 amide bonds. The molecule has 0 bridgehead atoms. The van der Waals surface area contributed by atoms with Crippen LogP contribution in [-0.4, -0.2) is 74.4 Å². The number of para-hydroxylation sites is 1. The zero-order valence-electron chi connectivity index (χ0n) is 23.1. The molecule has 0 saturated carbocycles. The fourth-order valence-electron chi connectivity index (χ4n) is 7.07. The summed E-state index contributed by atoms with van der Waals surface area (Å²) in [4.78, 5) is 48.3. The molecule has 2 aromatic carbocycles. The van der Waals surface area contributed by atoms with E-state index < -0.39 is 28.7 Å². The summed E-state index contributed by atoms with van der Waals surface area (Å²) in [5, 5.41) is 9.98. The Morgan fingerprint density at radius 2 is 1.68 bits per heavy atom. The Labute approximate surface area is 239 Å². The largest absolute Gasteiger partial charge is 0.394 e. The summed E-state index contributed by atoms with van der Waals surface area (Å²) in [6.45, 7) is 6.80. The molecule has 0 aliphatic carbocycles. The van der Waals surface area contributed by atoms with Crippen LogP contribution in [0.15, 0.2) is 72.8 Å². The quantitative estimate of drug-likeness (QED) is 0.570. The van der Waals surface area contributed by atoms with Crippen LogP contribution in [0.25, 0.3) is 0 Å². The SMILES string of the molecule is Cc1cccc(C)c1N1CC=C[C@]23S[C@H]4C=CCN(Cc5ccccc5)C(=O)[C@H]4[C@H]2C(=O)N([C@H](C)CO)C3C1=O. The van der Waals surface area contributed by atoms with E-state index in [1.54, 1.807) is 28.5 Å². The monoisotopic (exact) mass is 557 g/mol. The summed E-state index contributed by atoms with van der Waals surface area (Å²) < 4.78 is -0.909. The van der Waals surface area contributed by atoms with Crippen molar-refractivity contribution in [2.75, 3.05) is 24.6 Å². The van der Waals surface area contributed by atoms with Crippen molar-refractivity contribution in [3.8, 4) is 0 Å². The first-order valence-electron chi connectivity index (χ1n) is 13.9. The first-order valence-corrected chi connectivity index (χ1v) is 14.8. The van der Waals surface area contributed by atoms with Crippen LogP contribution in [0.3, 0.4) is 0 Å². The minimum Gasteiger partial charge on any atom is -0.394 e. The number of hydrogen-bond donors (Lipinski definition) is 1. The van der Waals surface area contributed by atoms with Crippen molar-refractivity contribution in [3.05, 3.63) is 89.5 Å². The zero-order valence-corrected chi connectivity index (χ0v) is 23.9. The van der Waals surface area contributed by atoms with Gasteiger partial charge in [0.1, 0.15) is 6.04 Å². The molecule has 4 aliphatic rings. The molecule has 2 saturated heterocycles. The molecule has 0 radical (unpaired) electrons. The van der Waals surface area contributed by atoms with E-state index in [0.717, 1.165) is 22.4 Å². The third-order valence-electron chi connectivity index (χ3n) is 8.84. The van der Waals surface area contributed by atoms with Crippen LogP contribution in [0.1, 0.15) is 23.6 Å². The molecule has 40 heavy (non-hydrogen) atoms. The highest BCUT2D eigenvalue weighted by molar-refractivity contribution is 8.02. The van der Waals surface area contributed by atoms with Gasteiger partial charge in [-0.1, -0.05) is 72.8 Å². The Bertz CT molecular complexity index is 1390.